The fraction of sp³-hybridized carbons (Fsp3) is 0.357. The summed E-state index contributed by atoms with van der Waals surface area (Å²) in [5.74, 6) is -0.128. The lowest BCUT2D eigenvalue weighted by molar-refractivity contribution is -0.124. The average Bonchev–Trinajstić information content (AvgIpc) is 2.56. The monoisotopic (exact) mass is 258 g/mol. The predicted molar refractivity (Wildman–Crippen MR) is 68.4 cm³/mol. The molecule has 0 radical (unpaired) electrons. The van der Waals surface area contributed by atoms with Crippen molar-refractivity contribution in [3.63, 3.8) is 0 Å². The number of carbonyl (C=O) groups is 2. The summed E-state index contributed by atoms with van der Waals surface area (Å²) in [5, 5.41) is 8.55. The Bertz CT molecular complexity index is 572. The molecule has 19 heavy (non-hydrogen) atoms. The van der Waals surface area contributed by atoms with Crippen LogP contribution in [-0.4, -0.2) is 18.4 Å². The van der Waals surface area contributed by atoms with Crippen molar-refractivity contribution in [3.05, 3.63) is 24.3 Å². The second-order valence-corrected chi connectivity index (χ2v) is 5.01. The lowest BCUT2D eigenvalue weighted by atomic mass is 9.92. The van der Waals surface area contributed by atoms with Crippen LogP contribution < -0.4 is 9.64 Å². The molecule has 1 aromatic rings. The molecule has 1 aliphatic heterocycles. The largest absolute Gasteiger partial charge is 0.477 e. The molecule has 5 nitrogen and oxygen atoms in total. The van der Waals surface area contributed by atoms with E-state index in [9.17, 15) is 9.59 Å². The number of benzene rings is 1. The third-order valence-electron chi connectivity index (χ3n) is 3.02. The first-order valence-electron chi connectivity index (χ1n) is 5.93. The van der Waals surface area contributed by atoms with Crippen molar-refractivity contribution in [2.24, 2.45) is 5.41 Å². The van der Waals surface area contributed by atoms with Gasteiger partial charge in [-0.1, -0.05) is 26.0 Å². The molecule has 0 saturated carbocycles. The first kappa shape index (κ1) is 13.1. The summed E-state index contributed by atoms with van der Waals surface area (Å²) < 4.78 is 5.26. The Labute approximate surface area is 111 Å². The number of ether oxygens (including phenoxy) is 1. The summed E-state index contributed by atoms with van der Waals surface area (Å²) in [6, 6.07) is 8.59. The van der Waals surface area contributed by atoms with E-state index < -0.39 is 5.41 Å². The maximum Gasteiger partial charge on any atom is 0.240 e. The summed E-state index contributed by atoms with van der Waals surface area (Å²) in [5.41, 5.74) is -0.294. The number of hydrogen-bond acceptors (Lipinski definition) is 4. The van der Waals surface area contributed by atoms with Crippen molar-refractivity contribution in [3.8, 4) is 11.8 Å². The Kier molecular flexibility index (Phi) is 3.26. The van der Waals surface area contributed by atoms with Gasteiger partial charge >= 0.3 is 0 Å². The number of rotatable bonds is 3. The summed E-state index contributed by atoms with van der Waals surface area (Å²) in [6.45, 7) is 3.36. The molecular formula is C14H14N2O3. The van der Waals surface area contributed by atoms with Crippen molar-refractivity contribution >= 4 is 17.5 Å². The molecule has 1 aromatic carbocycles. The SMILES string of the molecule is CC1(C)CC(=O)N(c2ccccc2OCC#N)C1=O. The molecule has 98 valence electrons. The molecule has 0 N–H and O–H groups in total. The minimum absolute atomic E-state index is 0.128. The highest BCUT2D eigenvalue weighted by Gasteiger charge is 2.46. The van der Waals surface area contributed by atoms with E-state index in [1.54, 1.807) is 38.1 Å². The minimum Gasteiger partial charge on any atom is -0.477 e. The number of carbonyl (C=O) groups excluding carboxylic acids is 2. The number of amides is 2. The van der Waals surface area contributed by atoms with Crippen molar-refractivity contribution in [1.82, 2.24) is 0 Å². The lowest BCUT2D eigenvalue weighted by Crippen LogP contribution is -2.33. The normalized spacial score (nSPS) is 17.4. The molecule has 1 aliphatic rings. The van der Waals surface area contributed by atoms with Crippen molar-refractivity contribution < 1.29 is 14.3 Å². The average molecular weight is 258 g/mol. The molecule has 0 spiro atoms. The first-order valence-corrected chi connectivity index (χ1v) is 5.93. The fourth-order valence-electron chi connectivity index (χ4n) is 2.07. The van der Waals surface area contributed by atoms with Gasteiger partial charge in [0.15, 0.2) is 6.61 Å². The molecule has 2 rings (SSSR count). The zero-order valence-corrected chi connectivity index (χ0v) is 10.8. The van der Waals surface area contributed by atoms with E-state index in [1.165, 1.54) is 0 Å². The zero-order chi connectivity index (χ0) is 14.0. The van der Waals surface area contributed by atoms with Crippen LogP contribution in [0.4, 0.5) is 5.69 Å². The summed E-state index contributed by atoms with van der Waals surface area (Å²) >= 11 is 0. The van der Waals surface area contributed by atoms with Crippen molar-refractivity contribution in [2.45, 2.75) is 20.3 Å². The smallest absolute Gasteiger partial charge is 0.240 e. The molecular weight excluding hydrogens is 244 g/mol. The quantitative estimate of drug-likeness (QED) is 0.776. The minimum atomic E-state index is -0.695. The van der Waals surface area contributed by atoms with Crippen LogP contribution in [-0.2, 0) is 9.59 Å². The zero-order valence-electron chi connectivity index (χ0n) is 10.8. The van der Waals surface area contributed by atoms with Gasteiger partial charge in [0.05, 0.1) is 11.1 Å². The van der Waals surface area contributed by atoms with Gasteiger partial charge in [-0.15, -0.1) is 0 Å². The molecule has 0 bridgehead atoms. The van der Waals surface area contributed by atoms with Crippen LogP contribution in [0.2, 0.25) is 0 Å². The third kappa shape index (κ3) is 2.29. The molecule has 5 heteroatoms. The Morgan fingerprint density at radius 3 is 2.63 bits per heavy atom. The predicted octanol–water partition coefficient (Wildman–Crippen LogP) is 1.88. The topological polar surface area (TPSA) is 70.4 Å². The van der Waals surface area contributed by atoms with E-state index in [0.717, 1.165) is 4.90 Å². The molecule has 2 amide bonds. The molecule has 0 atom stereocenters. The maximum atomic E-state index is 12.2. The van der Waals surface area contributed by atoms with E-state index in [0.29, 0.717) is 11.4 Å². The standard InChI is InChI=1S/C14H14N2O3/c1-14(2)9-12(17)16(13(14)18)10-5-3-4-6-11(10)19-8-7-15/h3-6H,8-9H2,1-2H3. The molecule has 0 aliphatic carbocycles. The van der Waals surface area contributed by atoms with Crippen molar-refractivity contribution in [2.75, 3.05) is 11.5 Å². The molecule has 0 aromatic heterocycles. The van der Waals surface area contributed by atoms with E-state index >= 15 is 0 Å². The summed E-state index contributed by atoms with van der Waals surface area (Å²) in [4.78, 5) is 25.4. The van der Waals surface area contributed by atoms with Crippen LogP contribution in [0.3, 0.4) is 0 Å². The van der Waals surface area contributed by atoms with Gasteiger partial charge in [0.25, 0.3) is 0 Å². The highest BCUT2D eigenvalue weighted by Crippen LogP contribution is 2.38. The van der Waals surface area contributed by atoms with Crippen molar-refractivity contribution in [1.29, 1.82) is 5.26 Å². The fourth-order valence-corrected chi connectivity index (χ4v) is 2.07. The highest BCUT2D eigenvalue weighted by molar-refractivity contribution is 6.22. The molecule has 0 unspecified atom stereocenters. The van der Waals surface area contributed by atoms with E-state index in [2.05, 4.69) is 0 Å². The number of anilines is 1. The second kappa shape index (κ2) is 4.73. The number of nitriles is 1. The van der Waals surface area contributed by atoms with Crippen LogP contribution in [0, 0.1) is 16.7 Å². The second-order valence-electron chi connectivity index (χ2n) is 5.01. The molecule has 1 saturated heterocycles. The third-order valence-corrected chi connectivity index (χ3v) is 3.02. The van der Waals surface area contributed by atoms with E-state index in [1.807, 2.05) is 6.07 Å². The Hall–Kier alpha value is -2.35. The van der Waals surface area contributed by atoms with Gasteiger partial charge in [0.1, 0.15) is 11.8 Å². The Morgan fingerprint density at radius 1 is 1.37 bits per heavy atom. The van der Waals surface area contributed by atoms with Gasteiger partial charge in [-0.25, -0.2) is 4.90 Å². The number of para-hydroxylation sites is 2. The number of hydrogen-bond donors (Lipinski definition) is 0. The van der Waals surface area contributed by atoms with Crippen LogP contribution in [0.5, 0.6) is 5.75 Å². The van der Waals surface area contributed by atoms with E-state index in [-0.39, 0.29) is 24.8 Å². The summed E-state index contributed by atoms with van der Waals surface area (Å²) in [6.07, 6.45) is 0.179. The van der Waals surface area contributed by atoms with Gasteiger partial charge in [-0.3, -0.25) is 9.59 Å². The van der Waals surface area contributed by atoms with E-state index in [4.69, 9.17) is 10.00 Å². The van der Waals surface area contributed by atoms with Gasteiger partial charge in [0, 0.05) is 6.42 Å². The number of imide groups is 1. The van der Waals surface area contributed by atoms with Gasteiger partial charge in [-0.2, -0.15) is 5.26 Å². The molecule has 1 heterocycles. The van der Waals surface area contributed by atoms with Crippen LogP contribution in [0.25, 0.3) is 0 Å². The van der Waals surface area contributed by atoms with Gasteiger partial charge < -0.3 is 4.74 Å². The number of nitrogens with zero attached hydrogens (tertiary/aromatic N) is 2. The maximum absolute atomic E-state index is 12.2. The Morgan fingerprint density at radius 2 is 2.05 bits per heavy atom. The van der Waals surface area contributed by atoms with Crippen LogP contribution in [0.15, 0.2) is 24.3 Å². The van der Waals surface area contributed by atoms with Crippen LogP contribution >= 0.6 is 0 Å². The van der Waals surface area contributed by atoms with Gasteiger partial charge in [0.2, 0.25) is 11.8 Å². The summed E-state index contributed by atoms with van der Waals surface area (Å²) in [7, 11) is 0. The Balaban J connectivity index is 2.40. The van der Waals surface area contributed by atoms with Crippen LogP contribution in [0.1, 0.15) is 20.3 Å². The van der Waals surface area contributed by atoms with Gasteiger partial charge in [-0.05, 0) is 12.1 Å². The molecule has 1 fully saturated rings. The first-order chi connectivity index (χ1) is 8.97. The highest BCUT2D eigenvalue weighted by atomic mass is 16.5. The lowest BCUT2D eigenvalue weighted by Gasteiger charge is -2.20.